The molecule has 2 aliphatic rings. The van der Waals surface area contributed by atoms with Gasteiger partial charge in [-0.05, 0) is 50.5 Å². The zero-order valence-corrected chi connectivity index (χ0v) is 12.8. The minimum Gasteiger partial charge on any atom is -0.300 e. The molecule has 1 saturated heterocycles. The van der Waals surface area contributed by atoms with Crippen molar-refractivity contribution in [2.75, 3.05) is 19.6 Å². The van der Waals surface area contributed by atoms with E-state index in [-0.39, 0.29) is 5.54 Å². The van der Waals surface area contributed by atoms with E-state index in [1.54, 1.807) is 0 Å². The standard InChI is InChI=1S/C16H29N3/c1-4-7-18-16(12-17)6-5-15(9-16)19-10-13(2)8-14(3)11-19/h13-15,18H,4-11H2,1-3H3. The quantitative estimate of drug-likeness (QED) is 0.847. The van der Waals surface area contributed by atoms with Crippen LogP contribution in [0, 0.1) is 23.2 Å². The van der Waals surface area contributed by atoms with Gasteiger partial charge in [0, 0.05) is 19.1 Å². The molecule has 1 aliphatic carbocycles. The lowest BCUT2D eigenvalue weighted by Crippen LogP contribution is -2.47. The average Bonchev–Trinajstić information content (AvgIpc) is 2.80. The number of rotatable bonds is 4. The molecule has 19 heavy (non-hydrogen) atoms. The Morgan fingerprint density at radius 2 is 2.00 bits per heavy atom. The lowest BCUT2D eigenvalue weighted by molar-refractivity contribution is 0.0950. The molecular formula is C16H29N3. The van der Waals surface area contributed by atoms with Crippen LogP contribution in [-0.2, 0) is 0 Å². The molecule has 0 amide bonds. The van der Waals surface area contributed by atoms with Gasteiger partial charge in [0.1, 0.15) is 5.54 Å². The predicted octanol–water partition coefficient (Wildman–Crippen LogP) is 2.78. The van der Waals surface area contributed by atoms with Gasteiger partial charge in [0.05, 0.1) is 6.07 Å². The molecule has 2 fully saturated rings. The Bertz CT molecular complexity index is 325. The Balaban J connectivity index is 1.95. The average molecular weight is 263 g/mol. The van der Waals surface area contributed by atoms with Crippen molar-refractivity contribution in [2.45, 2.75) is 64.5 Å². The molecule has 1 aliphatic heterocycles. The van der Waals surface area contributed by atoms with Crippen LogP contribution in [-0.4, -0.2) is 36.1 Å². The summed E-state index contributed by atoms with van der Waals surface area (Å²) in [4.78, 5) is 2.66. The number of hydrogen-bond acceptors (Lipinski definition) is 3. The van der Waals surface area contributed by atoms with E-state index in [1.807, 2.05) is 0 Å². The van der Waals surface area contributed by atoms with Gasteiger partial charge in [-0.3, -0.25) is 10.2 Å². The predicted molar refractivity (Wildman–Crippen MR) is 78.8 cm³/mol. The first-order valence-electron chi connectivity index (χ1n) is 7.99. The molecule has 108 valence electrons. The Hall–Kier alpha value is -0.590. The molecule has 1 heterocycles. The summed E-state index contributed by atoms with van der Waals surface area (Å²) in [5.74, 6) is 1.62. The van der Waals surface area contributed by atoms with Crippen molar-refractivity contribution in [3.05, 3.63) is 0 Å². The summed E-state index contributed by atoms with van der Waals surface area (Å²) in [6.07, 6.45) is 5.69. The van der Waals surface area contributed by atoms with Gasteiger partial charge < -0.3 is 0 Å². The molecule has 4 unspecified atom stereocenters. The highest BCUT2D eigenvalue weighted by molar-refractivity contribution is 5.13. The number of nitriles is 1. The minimum atomic E-state index is -0.245. The molecule has 0 aromatic rings. The van der Waals surface area contributed by atoms with Crippen LogP contribution in [0.25, 0.3) is 0 Å². The van der Waals surface area contributed by atoms with Crippen LogP contribution >= 0.6 is 0 Å². The third-order valence-electron chi connectivity index (χ3n) is 4.83. The van der Waals surface area contributed by atoms with E-state index in [0.717, 1.165) is 37.6 Å². The van der Waals surface area contributed by atoms with Crippen LogP contribution < -0.4 is 5.32 Å². The maximum absolute atomic E-state index is 9.53. The van der Waals surface area contributed by atoms with Crippen molar-refractivity contribution in [3.8, 4) is 6.07 Å². The highest BCUT2D eigenvalue weighted by Crippen LogP contribution is 2.35. The molecule has 4 atom stereocenters. The number of piperidine rings is 1. The number of nitrogens with one attached hydrogen (secondary N) is 1. The number of likely N-dealkylation sites (tertiary alicyclic amines) is 1. The molecule has 3 nitrogen and oxygen atoms in total. The van der Waals surface area contributed by atoms with Gasteiger partial charge >= 0.3 is 0 Å². The Morgan fingerprint density at radius 3 is 2.58 bits per heavy atom. The Labute approximate surface area is 118 Å². The topological polar surface area (TPSA) is 39.1 Å². The SMILES string of the molecule is CCCNC1(C#N)CCC(N2CC(C)CC(C)C2)C1. The van der Waals surface area contributed by atoms with Crippen LogP contribution in [0.2, 0.25) is 0 Å². The highest BCUT2D eigenvalue weighted by atomic mass is 15.2. The van der Waals surface area contributed by atoms with Crippen LogP contribution in [0.3, 0.4) is 0 Å². The summed E-state index contributed by atoms with van der Waals surface area (Å²) < 4.78 is 0. The largest absolute Gasteiger partial charge is 0.300 e. The van der Waals surface area contributed by atoms with Gasteiger partial charge in [-0.25, -0.2) is 0 Å². The van der Waals surface area contributed by atoms with E-state index < -0.39 is 0 Å². The lowest BCUT2D eigenvalue weighted by Gasteiger charge is -2.39. The van der Waals surface area contributed by atoms with Gasteiger partial charge in [0.15, 0.2) is 0 Å². The molecule has 2 rings (SSSR count). The Morgan fingerprint density at radius 1 is 1.32 bits per heavy atom. The zero-order chi connectivity index (χ0) is 13.9. The van der Waals surface area contributed by atoms with Gasteiger partial charge in [0.2, 0.25) is 0 Å². The van der Waals surface area contributed by atoms with Gasteiger partial charge in [0.25, 0.3) is 0 Å². The van der Waals surface area contributed by atoms with E-state index in [2.05, 4.69) is 37.1 Å². The summed E-state index contributed by atoms with van der Waals surface area (Å²) in [7, 11) is 0. The zero-order valence-electron chi connectivity index (χ0n) is 12.8. The number of hydrogen-bond donors (Lipinski definition) is 1. The third-order valence-corrected chi connectivity index (χ3v) is 4.83. The molecule has 0 spiro atoms. The summed E-state index contributed by atoms with van der Waals surface area (Å²) in [5, 5.41) is 13.0. The van der Waals surface area contributed by atoms with E-state index in [4.69, 9.17) is 0 Å². The summed E-state index contributed by atoms with van der Waals surface area (Å²) in [6.45, 7) is 10.3. The van der Waals surface area contributed by atoms with Crippen LogP contribution in [0.5, 0.6) is 0 Å². The third kappa shape index (κ3) is 3.49. The second kappa shape index (κ2) is 6.24. The normalized spacial score (nSPS) is 40.2. The second-order valence-electron chi connectivity index (χ2n) is 6.92. The van der Waals surface area contributed by atoms with Gasteiger partial charge in [-0.2, -0.15) is 5.26 Å². The van der Waals surface area contributed by atoms with Crippen LogP contribution in [0.15, 0.2) is 0 Å². The first-order chi connectivity index (χ1) is 9.08. The van der Waals surface area contributed by atoms with E-state index in [9.17, 15) is 5.26 Å². The smallest absolute Gasteiger partial charge is 0.108 e. The summed E-state index contributed by atoms with van der Waals surface area (Å²) in [5.41, 5.74) is -0.245. The van der Waals surface area contributed by atoms with Gasteiger partial charge in [-0.15, -0.1) is 0 Å². The second-order valence-corrected chi connectivity index (χ2v) is 6.92. The first kappa shape index (κ1) is 14.8. The summed E-state index contributed by atoms with van der Waals surface area (Å²) >= 11 is 0. The molecule has 0 aromatic carbocycles. The minimum absolute atomic E-state index is 0.245. The lowest BCUT2D eigenvalue weighted by atomic mass is 9.90. The van der Waals surface area contributed by atoms with Crippen molar-refractivity contribution >= 4 is 0 Å². The van der Waals surface area contributed by atoms with Crippen molar-refractivity contribution < 1.29 is 0 Å². The molecule has 3 heteroatoms. The maximum Gasteiger partial charge on any atom is 0.108 e. The maximum atomic E-state index is 9.53. The van der Waals surface area contributed by atoms with E-state index in [0.29, 0.717) is 6.04 Å². The first-order valence-corrected chi connectivity index (χ1v) is 7.99. The van der Waals surface area contributed by atoms with E-state index >= 15 is 0 Å². The van der Waals surface area contributed by atoms with Gasteiger partial charge in [-0.1, -0.05) is 20.8 Å². The molecular weight excluding hydrogens is 234 g/mol. The van der Waals surface area contributed by atoms with E-state index in [1.165, 1.54) is 25.9 Å². The molecule has 1 N–H and O–H groups in total. The van der Waals surface area contributed by atoms with Crippen molar-refractivity contribution in [1.82, 2.24) is 10.2 Å². The monoisotopic (exact) mass is 263 g/mol. The van der Waals surface area contributed by atoms with Crippen LogP contribution in [0.1, 0.15) is 52.9 Å². The molecule has 1 saturated carbocycles. The van der Waals surface area contributed by atoms with Crippen molar-refractivity contribution in [1.29, 1.82) is 5.26 Å². The molecule has 0 bridgehead atoms. The van der Waals surface area contributed by atoms with Crippen molar-refractivity contribution in [2.24, 2.45) is 11.8 Å². The fourth-order valence-corrected chi connectivity index (χ4v) is 4.01. The highest BCUT2D eigenvalue weighted by Gasteiger charge is 2.42. The fraction of sp³-hybridized carbons (Fsp3) is 0.938. The fourth-order valence-electron chi connectivity index (χ4n) is 4.01. The molecule has 0 aromatic heterocycles. The number of nitrogens with zero attached hydrogens (tertiary/aromatic N) is 2. The Kier molecular flexibility index (Phi) is 4.86. The van der Waals surface area contributed by atoms with Crippen molar-refractivity contribution in [3.63, 3.8) is 0 Å². The summed E-state index contributed by atoms with van der Waals surface area (Å²) in [6, 6.07) is 3.19. The van der Waals surface area contributed by atoms with Crippen LogP contribution in [0.4, 0.5) is 0 Å². The molecule has 0 radical (unpaired) electrons.